The molecule has 0 spiro atoms. The molecule has 2 nitrogen and oxygen atoms in total. The highest BCUT2D eigenvalue weighted by Gasteiger charge is 2.29. The number of fused-ring (bicyclic) bond motifs is 3. The van der Waals surface area contributed by atoms with E-state index in [2.05, 4.69) is 257 Å². The van der Waals surface area contributed by atoms with Gasteiger partial charge in [-0.25, -0.2) is 0 Å². The first-order valence-corrected chi connectivity index (χ1v) is 24.1. The van der Waals surface area contributed by atoms with E-state index < -0.39 is 0 Å². The van der Waals surface area contributed by atoms with Crippen LogP contribution in [0.15, 0.2) is 247 Å². The SMILES string of the molecule is c1ccc(-c2cccc(N(c3ccccc3-c3c(-c4ccccc4)c(-c4ccccc4)cc4c3[nH]c3ccccc34)c3cccc(-c4ccccc4)c3-c3cccs3)c2-c2cccs2)cc1. The Kier molecular flexibility index (Phi) is 10.3. The number of thiophene rings is 2. The number of aromatic nitrogens is 1. The molecule has 0 bridgehead atoms. The van der Waals surface area contributed by atoms with Crippen LogP contribution in [0.2, 0.25) is 0 Å². The summed E-state index contributed by atoms with van der Waals surface area (Å²) in [4.78, 5) is 8.97. The lowest BCUT2D eigenvalue weighted by molar-refractivity contribution is 1.29. The van der Waals surface area contributed by atoms with Gasteiger partial charge in [0.1, 0.15) is 0 Å². The lowest BCUT2D eigenvalue weighted by Crippen LogP contribution is -2.14. The van der Waals surface area contributed by atoms with Crippen molar-refractivity contribution in [3.05, 3.63) is 247 Å². The van der Waals surface area contributed by atoms with Crippen LogP contribution in [-0.2, 0) is 0 Å². The number of hydrogen-bond acceptors (Lipinski definition) is 3. The van der Waals surface area contributed by atoms with E-state index in [4.69, 9.17) is 0 Å². The van der Waals surface area contributed by atoms with E-state index in [1.165, 1.54) is 70.6 Å². The Morgan fingerprint density at radius 2 is 0.758 bits per heavy atom. The fourth-order valence-corrected chi connectivity index (χ4v) is 11.4. The minimum atomic E-state index is 1.07. The molecule has 12 aromatic rings. The maximum Gasteiger partial charge on any atom is 0.0555 e. The number of nitrogens with one attached hydrogen (secondary N) is 1. The standard InChI is InChI=1S/C62H42N2S2/c1-5-21-42(22-6-1)46-31-17-35-54(59(46)56-37-19-39-65-56)64(55-36-18-32-47(43-23-7-2-8-24-43)60(55)57-38-20-40-66-57)53-34-16-14-30-49(53)61-58(45-27-11-4-12-28-45)50(44-25-9-3-10-26-44)41-51-48-29-13-15-33-52(48)63-62(51)61/h1-41,63H. The Bertz CT molecular complexity index is 3490. The average molecular weight is 879 g/mol. The second-order valence-corrected chi connectivity index (χ2v) is 18.3. The van der Waals surface area contributed by atoms with Gasteiger partial charge in [-0.1, -0.05) is 194 Å². The molecule has 3 aromatic heterocycles. The summed E-state index contributed by atoms with van der Waals surface area (Å²) in [7, 11) is 0. The third-order valence-electron chi connectivity index (χ3n) is 12.6. The van der Waals surface area contributed by atoms with Crippen molar-refractivity contribution in [1.29, 1.82) is 0 Å². The third kappa shape index (κ3) is 6.96. The van der Waals surface area contributed by atoms with Crippen LogP contribution in [0.25, 0.3) is 98.3 Å². The Hall–Kier alpha value is -8.02. The van der Waals surface area contributed by atoms with Crippen molar-refractivity contribution < 1.29 is 0 Å². The lowest BCUT2D eigenvalue weighted by atomic mass is 9.84. The molecule has 9 aromatic carbocycles. The highest BCUT2D eigenvalue weighted by molar-refractivity contribution is 7.14. The predicted octanol–water partition coefficient (Wildman–Crippen LogP) is 18.6. The fraction of sp³-hybridized carbons (Fsp3) is 0. The van der Waals surface area contributed by atoms with Crippen LogP contribution in [0.3, 0.4) is 0 Å². The second kappa shape index (κ2) is 17.2. The van der Waals surface area contributed by atoms with Crippen LogP contribution in [0.1, 0.15) is 0 Å². The van der Waals surface area contributed by atoms with Gasteiger partial charge in [0, 0.05) is 48.3 Å². The van der Waals surface area contributed by atoms with Crippen LogP contribution in [0, 0.1) is 0 Å². The lowest BCUT2D eigenvalue weighted by Gasteiger charge is -2.33. The Morgan fingerprint density at radius 1 is 0.303 bits per heavy atom. The van der Waals surface area contributed by atoms with Crippen LogP contribution in [-0.4, -0.2) is 4.98 Å². The summed E-state index contributed by atoms with van der Waals surface area (Å²) in [6, 6.07) is 86.3. The molecule has 0 radical (unpaired) electrons. The van der Waals surface area contributed by atoms with Gasteiger partial charge in [-0.05, 0) is 97.7 Å². The second-order valence-electron chi connectivity index (χ2n) is 16.4. The summed E-state index contributed by atoms with van der Waals surface area (Å²) < 4.78 is 0. The molecule has 4 heteroatoms. The van der Waals surface area contributed by atoms with E-state index in [0.29, 0.717) is 0 Å². The zero-order valence-corrected chi connectivity index (χ0v) is 37.6. The number of anilines is 3. The van der Waals surface area contributed by atoms with E-state index in [-0.39, 0.29) is 0 Å². The zero-order valence-electron chi connectivity index (χ0n) is 35.9. The summed E-state index contributed by atoms with van der Waals surface area (Å²) in [6.07, 6.45) is 0. The molecule has 312 valence electrons. The number of para-hydroxylation sites is 2. The normalized spacial score (nSPS) is 11.3. The van der Waals surface area contributed by atoms with Gasteiger partial charge in [-0.15, -0.1) is 22.7 Å². The first-order valence-electron chi connectivity index (χ1n) is 22.3. The van der Waals surface area contributed by atoms with Gasteiger partial charge >= 0.3 is 0 Å². The van der Waals surface area contributed by atoms with Crippen molar-refractivity contribution >= 4 is 61.5 Å². The Balaban J connectivity index is 1.26. The van der Waals surface area contributed by atoms with Crippen LogP contribution in [0.5, 0.6) is 0 Å². The predicted molar refractivity (Wildman–Crippen MR) is 284 cm³/mol. The molecule has 12 rings (SSSR count). The van der Waals surface area contributed by atoms with Gasteiger partial charge in [-0.3, -0.25) is 0 Å². The minimum absolute atomic E-state index is 1.07. The molecule has 66 heavy (non-hydrogen) atoms. The Labute approximate surface area is 393 Å². The molecule has 0 amide bonds. The number of H-pyrrole nitrogens is 1. The molecule has 0 aliphatic carbocycles. The largest absolute Gasteiger partial charge is 0.354 e. The van der Waals surface area contributed by atoms with E-state index in [0.717, 1.165) is 44.8 Å². The highest BCUT2D eigenvalue weighted by Crippen LogP contribution is 2.55. The van der Waals surface area contributed by atoms with Crippen molar-refractivity contribution in [2.75, 3.05) is 4.90 Å². The van der Waals surface area contributed by atoms with E-state index in [1.54, 1.807) is 22.7 Å². The molecule has 3 heterocycles. The van der Waals surface area contributed by atoms with E-state index in [1.807, 2.05) is 0 Å². The van der Waals surface area contributed by atoms with Gasteiger partial charge in [-0.2, -0.15) is 0 Å². The molecule has 1 N–H and O–H groups in total. The number of rotatable bonds is 10. The summed E-state index contributed by atoms with van der Waals surface area (Å²) >= 11 is 3.57. The molecule has 0 aliphatic heterocycles. The number of hydrogen-bond donors (Lipinski definition) is 1. The van der Waals surface area contributed by atoms with Crippen molar-refractivity contribution in [2.45, 2.75) is 0 Å². The summed E-state index contributed by atoms with van der Waals surface area (Å²) in [5.74, 6) is 0. The highest BCUT2D eigenvalue weighted by atomic mass is 32.1. The van der Waals surface area contributed by atoms with Crippen molar-refractivity contribution in [3.63, 3.8) is 0 Å². The molecular formula is C62H42N2S2. The van der Waals surface area contributed by atoms with E-state index in [9.17, 15) is 0 Å². The smallest absolute Gasteiger partial charge is 0.0555 e. The average Bonchev–Trinajstić information content (AvgIpc) is 4.20. The number of nitrogens with zero attached hydrogens (tertiary/aromatic N) is 1. The molecule has 0 aliphatic rings. The van der Waals surface area contributed by atoms with Crippen molar-refractivity contribution in [2.24, 2.45) is 0 Å². The van der Waals surface area contributed by atoms with Gasteiger partial charge in [0.15, 0.2) is 0 Å². The van der Waals surface area contributed by atoms with Crippen LogP contribution >= 0.6 is 22.7 Å². The first-order chi connectivity index (χ1) is 32.8. The zero-order chi connectivity index (χ0) is 43.8. The Morgan fingerprint density at radius 3 is 1.30 bits per heavy atom. The molecule has 0 saturated carbocycles. The molecule has 0 saturated heterocycles. The van der Waals surface area contributed by atoms with Crippen LogP contribution in [0.4, 0.5) is 17.1 Å². The van der Waals surface area contributed by atoms with Crippen molar-refractivity contribution in [1.82, 2.24) is 4.98 Å². The summed E-state index contributed by atoms with van der Waals surface area (Å²) in [6.45, 7) is 0. The first kappa shape index (κ1) is 39.6. The maximum atomic E-state index is 3.99. The quantitative estimate of drug-likeness (QED) is 0.145. The third-order valence-corrected chi connectivity index (χ3v) is 14.4. The van der Waals surface area contributed by atoms with Gasteiger partial charge in [0.2, 0.25) is 0 Å². The summed E-state index contributed by atoms with van der Waals surface area (Å²) in [5.41, 5.74) is 19.6. The molecular weight excluding hydrogens is 837 g/mol. The van der Waals surface area contributed by atoms with Gasteiger partial charge < -0.3 is 9.88 Å². The van der Waals surface area contributed by atoms with Crippen molar-refractivity contribution in [3.8, 4) is 76.5 Å². The monoisotopic (exact) mass is 878 g/mol. The summed E-state index contributed by atoms with van der Waals surface area (Å²) in [5, 5.41) is 6.78. The molecule has 0 unspecified atom stereocenters. The van der Waals surface area contributed by atoms with Crippen LogP contribution < -0.4 is 4.90 Å². The fourth-order valence-electron chi connectivity index (χ4n) is 9.80. The minimum Gasteiger partial charge on any atom is -0.354 e. The molecule has 0 fully saturated rings. The topological polar surface area (TPSA) is 19.0 Å². The van der Waals surface area contributed by atoms with E-state index >= 15 is 0 Å². The number of benzene rings is 9. The van der Waals surface area contributed by atoms with Gasteiger partial charge in [0.25, 0.3) is 0 Å². The number of aromatic amines is 1. The molecule has 0 atom stereocenters. The van der Waals surface area contributed by atoms with Gasteiger partial charge in [0.05, 0.1) is 22.6 Å². The maximum absolute atomic E-state index is 3.99.